The summed E-state index contributed by atoms with van der Waals surface area (Å²) in [6.45, 7) is 3.37. The van der Waals surface area contributed by atoms with Crippen LogP contribution >= 0.6 is 0 Å². The largest absolute Gasteiger partial charge is 0.497 e. The average molecular weight is 328 g/mol. The molecule has 0 aromatic heterocycles. The van der Waals surface area contributed by atoms with Crippen LogP contribution in [-0.4, -0.2) is 30.0 Å². The molecule has 0 heterocycles. The predicted octanol–water partition coefficient (Wildman–Crippen LogP) is 3.30. The molecule has 6 nitrogen and oxygen atoms in total. The van der Waals surface area contributed by atoms with Crippen molar-refractivity contribution in [1.82, 2.24) is 0 Å². The Morgan fingerprint density at radius 2 is 1.67 bits per heavy atom. The van der Waals surface area contributed by atoms with Crippen LogP contribution in [0.3, 0.4) is 0 Å². The summed E-state index contributed by atoms with van der Waals surface area (Å²) in [5, 5.41) is 14.7. The van der Waals surface area contributed by atoms with Gasteiger partial charge in [0.1, 0.15) is 11.5 Å². The summed E-state index contributed by atoms with van der Waals surface area (Å²) < 4.78 is 10.7. The van der Waals surface area contributed by atoms with Crippen LogP contribution in [0.1, 0.15) is 19.4 Å². The van der Waals surface area contributed by atoms with Crippen molar-refractivity contribution in [2.45, 2.75) is 20.0 Å². The molecule has 1 unspecified atom stereocenters. The van der Waals surface area contributed by atoms with Gasteiger partial charge in [-0.2, -0.15) is 0 Å². The van der Waals surface area contributed by atoms with E-state index in [1.807, 2.05) is 0 Å². The van der Waals surface area contributed by atoms with E-state index >= 15 is 0 Å². The van der Waals surface area contributed by atoms with Crippen molar-refractivity contribution in [3.05, 3.63) is 54.1 Å². The number of anilines is 1. The van der Waals surface area contributed by atoms with E-state index in [1.54, 1.807) is 69.5 Å². The lowest BCUT2D eigenvalue weighted by molar-refractivity contribution is -0.122. The summed E-state index contributed by atoms with van der Waals surface area (Å²) in [5.74, 6) is 1.03. The molecular formula is C18H20N2O4. The summed E-state index contributed by atoms with van der Waals surface area (Å²) in [7, 11) is 1.59. The number of carbonyl (C=O) groups is 1. The Bertz CT molecular complexity index is 709. The third-order valence-corrected chi connectivity index (χ3v) is 3.46. The van der Waals surface area contributed by atoms with E-state index in [-0.39, 0.29) is 5.91 Å². The molecule has 2 N–H and O–H groups in total. The summed E-state index contributed by atoms with van der Waals surface area (Å²) in [6.07, 6.45) is -0.662. The van der Waals surface area contributed by atoms with Crippen molar-refractivity contribution in [1.29, 1.82) is 0 Å². The van der Waals surface area contributed by atoms with Crippen LogP contribution in [0.4, 0.5) is 5.69 Å². The van der Waals surface area contributed by atoms with Gasteiger partial charge >= 0.3 is 0 Å². The lowest BCUT2D eigenvalue weighted by Gasteiger charge is -2.15. The summed E-state index contributed by atoms with van der Waals surface area (Å²) >= 11 is 0. The van der Waals surface area contributed by atoms with Gasteiger partial charge in [-0.25, -0.2) is 0 Å². The lowest BCUT2D eigenvalue weighted by Crippen LogP contribution is -2.30. The maximum atomic E-state index is 12.2. The topological polar surface area (TPSA) is 80.2 Å². The minimum Gasteiger partial charge on any atom is -0.497 e. The SMILES string of the molecule is COc1ccc(NC(=O)C(C)Oc2ccc(C(C)=NO)cc2)cc1. The third-order valence-electron chi connectivity index (χ3n) is 3.46. The first-order valence-electron chi connectivity index (χ1n) is 7.44. The van der Waals surface area contributed by atoms with E-state index in [4.69, 9.17) is 14.7 Å². The molecule has 24 heavy (non-hydrogen) atoms. The van der Waals surface area contributed by atoms with Crippen molar-refractivity contribution < 1.29 is 19.5 Å². The fourth-order valence-electron chi connectivity index (χ4n) is 2.01. The highest BCUT2D eigenvalue weighted by atomic mass is 16.5. The van der Waals surface area contributed by atoms with Gasteiger partial charge in [-0.15, -0.1) is 0 Å². The quantitative estimate of drug-likeness (QED) is 0.484. The van der Waals surface area contributed by atoms with Crippen LogP contribution in [0, 0.1) is 0 Å². The van der Waals surface area contributed by atoms with Crippen LogP contribution in [0.25, 0.3) is 0 Å². The monoisotopic (exact) mass is 328 g/mol. The molecule has 0 saturated carbocycles. The number of methoxy groups -OCH3 is 1. The van der Waals surface area contributed by atoms with Gasteiger partial charge in [0.2, 0.25) is 0 Å². The molecule has 0 aliphatic rings. The van der Waals surface area contributed by atoms with Gasteiger partial charge in [0.15, 0.2) is 6.10 Å². The highest BCUT2D eigenvalue weighted by Gasteiger charge is 2.15. The number of benzene rings is 2. The number of amides is 1. The first-order valence-corrected chi connectivity index (χ1v) is 7.44. The van der Waals surface area contributed by atoms with Crippen LogP contribution in [0.5, 0.6) is 11.5 Å². The number of ether oxygens (including phenoxy) is 2. The number of hydrogen-bond donors (Lipinski definition) is 2. The lowest BCUT2D eigenvalue weighted by atomic mass is 10.1. The molecule has 0 aliphatic carbocycles. The molecule has 0 aliphatic heterocycles. The standard InChI is InChI=1S/C18H20N2O4/c1-12(20-22)14-4-8-17(9-5-14)24-13(2)18(21)19-15-6-10-16(23-3)11-7-15/h4-11,13,22H,1-3H3,(H,19,21). The zero-order valence-corrected chi connectivity index (χ0v) is 13.8. The Hall–Kier alpha value is -3.02. The smallest absolute Gasteiger partial charge is 0.265 e. The summed E-state index contributed by atoms with van der Waals surface area (Å²) in [5.41, 5.74) is 1.95. The van der Waals surface area contributed by atoms with E-state index in [2.05, 4.69) is 10.5 Å². The van der Waals surface area contributed by atoms with Crippen LogP contribution in [-0.2, 0) is 4.79 Å². The molecule has 6 heteroatoms. The molecule has 2 rings (SSSR count). The number of hydrogen-bond acceptors (Lipinski definition) is 5. The first kappa shape index (κ1) is 17.3. The Morgan fingerprint density at radius 3 is 2.21 bits per heavy atom. The van der Waals surface area contributed by atoms with E-state index in [9.17, 15) is 4.79 Å². The Kier molecular flexibility index (Phi) is 5.78. The molecular weight excluding hydrogens is 308 g/mol. The number of rotatable bonds is 6. The van der Waals surface area contributed by atoms with Gasteiger partial charge in [-0.05, 0) is 67.9 Å². The number of oxime groups is 1. The van der Waals surface area contributed by atoms with Gasteiger partial charge in [-0.3, -0.25) is 4.79 Å². The highest BCUT2D eigenvalue weighted by molar-refractivity contribution is 5.98. The molecule has 0 saturated heterocycles. The van der Waals surface area contributed by atoms with Crippen LogP contribution < -0.4 is 14.8 Å². The molecule has 2 aromatic rings. The minimum absolute atomic E-state index is 0.252. The van der Waals surface area contributed by atoms with E-state index in [0.29, 0.717) is 17.1 Å². The normalized spacial score (nSPS) is 12.4. The van der Waals surface area contributed by atoms with Crippen LogP contribution in [0.2, 0.25) is 0 Å². The van der Waals surface area contributed by atoms with Gasteiger partial charge < -0.3 is 20.0 Å². The fraction of sp³-hybridized carbons (Fsp3) is 0.222. The Labute approximate surface area is 140 Å². The maximum absolute atomic E-state index is 12.2. The number of nitrogens with one attached hydrogen (secondary N) is 1. The number of carbonyl (C=O) groups excluding carboxylic acids is 1. The van der Waals surface area contributed by atoms with Crippen molar-refractivity contribution >= 4 is 17.3 Å². The van der Waals surface area contributed by atoms with Crippen LogP contribution in [0.15, 0.2) is 53.7 Å². The molecule has 2 aromatic carbocycles. The van der Waals surface area contributed by atoms with Gasteiger partial charge in [0, 0.05) is 5.69 Å². The van der Waals surface area contributed by atoms with Gasteiger partial charge in [0.25, 0.3) is 5.91 Å². The van der Waals surface area contributed by atoms with Crippen molar-refractivity contribution in [2.75, 3.05) is 12.4 Å². The minimum atomic E-state index is -0.662. The predicted molar refractivity (Wildman–Crippen MR) is 92.2 cm³/mol. The maximum Gasteiger partial charge on any atom is 0.265 e. The van der Waals surface area contributed by atoms with Crippen molar-refractivity contribution in [3.63, 3.8) is 0 Å². The van der Waals surface area contributed by atoms with E-state index in [0.717, 1.165) is 11.3 Å². The van der Waals surface area contributed by atoms with E-state index in [1.165, 1.54) is 0 Å². The summed E-state index contributed by atoms with van der Waals surface area (Å²) in [6, 6.07) is 14.0. The van der Waals surface area contributed by atoms with E-state index < -0.39 is 6.10 Å². The zero-order chi connectivity index (χ0) is 17.5. The molecule has 0 spiro atoms. The van der Waals surface area contributed by atoms with Crippen molar-refractivity contribution in [2.24, 2.45) is 5.16 Å². The molecule has 0 bridgehead atoms. The van der Waals surface area contributed by atoms with Gasteiger partial charge in [0.05, 0.1) is 12.8 Å². The second kappa shape index (κ2) is 8.01. The Balaban J connectivity index is 1.95. The molecule has 0 fully saturated rings. The highest BCUT2D eigenvalue weighted by Crippen LogP contribution is 2.17. The second-order valence-electron chi connectivity index (χ2n) is 5.19. The summed E-state index contributed by atoms with van der Waals surface area (Å²) in [4.78, 5) is 12.2. The first-order chi connectivity index (χ1) is 11.5. The molecule has 0 radical (unpaired) electrons. The second-order valence-corrected chi connectivity index (χ2v) is 5.19. The third kappa shape index (κ3) is 4.49. The molecule has 126 valence electrons. The zero-order valence-electron chi connectivity index (χ0n) is 13.8. The Morgan fingerprint density at radius 1 is 1.08 bits per heavy atom. The fourth-order valence-corrected chi connectivity index (χ4v) is 2.01. The molecule has 1 atom stereocenters. The van der Waals surface area contributed by atoms with Crippen molar-refractivity contribution in [3.8, 4) is 11.5 Å². The van der Waals surface area contributed by atoms with Gasteiger partial charge in [-0.1, -0.05) is 5.16 Å². The average Bonchev–Trinajstić information content (AvgIpc) is 2.62. The molecule has 1 amide bonds. The number of nitrogens with zero attached hydrogens (tertiary/aromatic N) is 1.